The number of hydrogen-bond acceptors (Lipinski definition) is 4. The van der Waals surface area contributed by atoms with E-state index in [1.165, 1.54) is 0 Å². The average molecular weight is 363 g/mol. The summed E-state index contributed by atoms with van der Waals surface area (Å²) in [4.78, 5) is 11.2. The van der Waals surface area contributed by atoms with E-state index < -0.39 is 0 Å². The molecule has 0 aliphatic rings. The van der Waals surface area contributed by atoms with Gasteiger partial charge in [0.2, 0.25) is 0 Å². The number of carbonyl (C=O) groups is 1. The van der Waals surface area contributed by atoms with Gasteiger partial charge < -0.3 is 14.2 Å². The quantitative estimate of drug-likeness (QED) is 0.325. The van der Waals surface area contributed by atoms with Gasteiger partial charge in [-0.25, -0.2) is 0 Å². The number of ether oxygens (including phenoxy) is 3. The van der Waals surface area contributed by atoms with Gasteiger partial charge in [-0.15, -0.1) is 23.2 Å². The standard InChI is InChI=1S/C17H24Cl2O4/c1-3-22-17(20)7-5-4-6-8-23-16-10-13(11-18)15(21-2)9-14(16)12-19/h9-10H,3-8,11-12H2,1-2H3. The maximum atomic E-state index is 11.2. The number of unbranched alkanes of at least 4 members (excludes halogenated alkanes) is 2. The maximum absolute atomic E-state index is 11.2. The molecule has 0 aliphatic heterocycles. The summed E-state index contributed by atoms with van der Waals surface area (Å²) >= 11 is 11.9. The Morgan fingerprint density at radius 2 is 1.70 bits per heavy atom. The van der Waals surface area contributed by atoms with Crippen LogP contribution < -0.4 is 9.47 Å². The highest BCUT2D eigenvalue weighted by atomic mass is 35.5. The second-order valence-electron chi connectivity index (χ2n) is 5.00. The molecule has 0 saturated heterocycles. The summed E-state index contributed by atoms with van der Waals surface area (Å²) in [5.74, 6) is 2.01. The molecule has 0 bridgehead atoms. The molecule has 1 aromatic carbocycles. The largest absolute Gasteiger partial charge is 0.496 e. The van der Waals surface area contributed by atoms with Crippen LogP contribution in [0.5, 0.6) is 11.5 Å². The molecule has 130 valence electrons. The van der Waals surface area contributed by atoms with E-state index in [4.69, 9.17) is 37.4 Å². The molecule has 0 atom stereocenters. The molecule has 4 nitrogen and oxygen atoms in total. The lowest BCUT2D eigenvalue weighted by Crippen LogP contribution is -2.04. The summed E-state index contributed by atoms with van der Waals surface area (Å²) < 4.78 is 16.0. The number of esters is 1. The second kappa shape index (κ2) is 11.4. The fourth-order valence-corrected chi connectivity index (χ4v) is 2.56. The van der Waals surface area contributed by atoms with E-state index in [2.05, 4.69) is 0 Å². The number of benzene rings is 1. The molecule has 0 N–H and O–H groups in total. The van der Waals surface area contributed by atoms with Crippen LogP contribution in [0.4, 0.5) is 0 Å². The molecular weight excluding hydrogens is 339 g/mol. The molecule has 0 aromatic heterocycles. The zero-order valence-corrected chi connectivity index (χ0v) is 15.2. The van der Waals surface area contributed by atoms with Crippen LogP contribution in [0.1, 0.15) is 43.7 Å². The molecule has 0 unspecified atom stereocenters. The van der Waals surface area contributed by atoms with Crippen molar-refractivity contribution in [3.8, 4) is 11.5 Å². The van der Waals surface area contributed by atoms with E-state index in [9.17, 15) is 4.79 Å². The van der Waals surface area contributed by atoms with Crippen molar-refractivity contribution in [2.24, 2.45) is 0 Å². The van der Waals surface area contributed by atoms with Gasteiger partial charge in [0.1, 0.15) is 11.5 Å². The van der Waals surface area contributed by atoms with E-state index in [1.54, 1.807) is 7.11 Å². The highest BCUT2D eigenvalue weighted by Gasteiger charge is 2.10. The van der Waals surface area contributed by atoms with Crippen molar-refractivity contribution >= 4 is 29.2 Å². The minimum atomic E-state index is -0.139. The third-order valence-corrected chi connectivity index (χ3v) is 3.92. The highest BCUT2D eigenvalue weighted by Crippen LogP contribution is 2.31. The zero-order chi connectivity index (χ0) is 17.1. The summed E-state index contributed by atoms with van der Waals surface area (Å²) in [5, 5.41) is 0. The SMILES string of the molecule is CCOC(=O)CCCCCOc1cc(CCl)c(OC)cc1CCl. The molecular formula is C17H24Cl2O4. The molecule has 0 saturated carbocycles. The van der Waals surface area contributed by atoms with Gasteiger partial charge in [0.05, 0.1) is 32.1 Å². The first-order valence-corrected chi connectivity index (χ1v) is 8.83. The van der Waals surface area contributed by atoms with E-state index in [-0.39, 0.29) is 5.97 Å². The van der Waals surface area contributed by atoms with E-state index in [0.29, 0.717) is 31.4 Å². The van der Waals surface area contributed by atoms with E-state index >= 15 is 0 Å². The van der Waals surface area contributed by atoms with E-state index in [0.717, 1.165) is 41.9 Å². The average Bonchev–Trinajstić information content (AvgIpc) is 2.57. The number of hydrogen-bond donors (Lipinski definition) is 0. The fourth-order valence-electron chi connectivity index (χ4n) is 2.14. The van der Waals surface area contributed by atoms with Crippen LogP contribution in [-0.2, 0) is 21.3 Å². The lowest BCUT2D eigenvalue weighted by atomic mass is 10.1. The summed E-state index contributed by atoms with van der Waals surface area (Å²) in [5.41, 5.74) is 1.75. The zero-order valence-electron chi connectivity index (χ0n) is 13.7. The maximum Gasteiger partial charge on any atom is 0.305 e. The Morgan fingerprint density at radius 3 is 2.30 bits per heavy atom. The Bertz CT molecular complexity index is 492. The third-order valence-electron chi connectivity index (χ3n) is 3.34. The first kappa shape index (κ1) is 19.9. The third kappa shape index (κ3) is 6.88. The summed E-state index contributed by atoms with van der Waals surface area (Å²) in [6, 6.07) is 3.74. The molecule has 0 fully saturated rings. The molecule has 1 aromatic rings. The molecule has 6 heteroatoms. The smallest absolute Gasteiger partial charge is 0.305 e. The van der Waals surface area contributed by atoms with Crippen molar-refractivity contribution in [2.75, 3.05) is 20.3 Å². The summed E-state index contributed by atoms with van der Waals surface area (Å²) in [7, 11) is 1.60. The van der Waals surface area contributed by atoms with Gasteiger partial charge in [0, 0.05) is 17.5 Å². The first-order chi connectivity index (χ1) is 11.2. The fraction of sp³-hybridized carbons (Fsp3) is 0.588. The first-order valence-electron chi connectivity index (χ1n) is 7.76. The molecule has 0 heterocycles. The van der Waals surface area contributed by atoms with Gasteiger partial charge in [-0.2, -0.15) is 0 Å². The summed E-state index contributed by atoms with van der Waals surface area (Å²) in [6.07, 6.45) is 3.04. The van der Waals surface area contributed by atoms with Gasteiger partial charge in [-0.05, 0) is 38.3 Å². The van der Waals surface area contributed by atoms with Crippen LogP contribution in [0.25, 0.3) is 0 Å². The van der Waals surface area contributed by atoms with Crippen molar-refractivity contribution in [1.29, 1.82) is 0 Å². The Labute approximate surface area is 148 Å². The van der Waals surface area contributed by atoms with Crippen molar-refractivity contribution in [3.63, 3.8) is 0 Å². The second-order valence-corrected chi connectivity index (χ2v) is 5.54. The molecule has 0 spiro atoms. The topological polar surface area (TPSA) is 44.8 Å². The lowest BCUT2D eigenvalue weighted by molar-refractivity contribution is -0.143. The van der Waals surface area contributed by atoms with Crippen molar-refractivity contribution in [1.82, 2.24) is 0 Å². The Hall–Kier alpha value is -1.13. The lowest BCUT2D eigenvalue weighted by Gasteiger charge is -2.14. The minimum absolute atomic E-state index is 0.139. The van der Waals surface area contributed by atoms with Crippen LogP contribution >= 0.6 is 23.2 Å². The molecule has 0 radical (unpaired) electrons. The Balaban J connectivity index is 2.43. The molecule has 0 aliphatic carbocycles. The van der Waals surface area contributed by atoms with Gasteiger partial charge in [-0.1, -0.05) is 0 Å². The van der Waals surface area contributed by atoms with Gasteiger partial charge in [-0.3, -0.25) is 4.79 Å². The Kier molecular flexibility index (Phi) is 9.88. The molecule has 23 heavy (non-hydrogen) atoms. The number of rotatable bonds is 11. The number of carbonyl (C=O) groups excluding carboxylic acids is 1. The van der Waals surface area contributed by atoms with Gasteiger partial charge in [0.15, 0.2) is 0 Å². The molecule has 0 amide bonds. The molecule has 1 rings (SSSR count). The summed E-state index contributed by atoms with van der Waals surface area (Å²) in [6.45, 7) is 2.81. The normalized spacial score (nSPS) is 10.4. The van der Waals surface area contributed by atoms with Crippen LogP contribution in [-0.4, -0.2) is 26.3 Å². The van der Waals surface area contributed by atoms with Crippen LogP contribution in [0.3, 0.4) is 0 Å². The van der Waals surface area contributed by atoms with Crippen molar-refractivity contribution < 1.29 is 19.0 Å². The van der Waals surface area contributed by atoms with Gasteiger partial charge in [0.25, 0.3) is 0 Å². The number of halogens is 2. The van der Waals surface area contributed by atoms with Crippen LogP contribution in [0.15, 0.2) is 12.1 Å². The van der Waals surface area contributed by atoms with E-state index in [1.807, 2.05) is 19.1 Å². The van der Waals surface area contributed by atoms with Crippen molar-refractivity contribution in [3.05, 3.63) is 23.3 Å². The van der Waals surface area contributed by atoms with Crippen molar-refractivity contribution in [2.45, 2.75) is 44.4 Å². The predicted molar refractivity (Wildman–Crippen MR) is 92.7 cm³/mol. The van der Waals surface area contributed by atoms with Gasteiger partial charge >= 0.3 is 5.97 Å². The number of methoxy groups -OCH3 is 1. The minimum Gasteiger partial charge on any atom is -0.496 e. The highest BCUT2D eigenvalue weighted by molar-refractivity contribution is 6.18. The Morgan fingerprint density at radius 1 is 1.04 bits per heavy atom. The monoisotopic (exact) mass is 362 g/mol. The predicted octanol–water partition coefficient (Wildman–Crippen LogP) is 4.68. The van der Waals surface area contributed by atoms with Crippen LogP contribution in [0, 0.1) is 0 Å². The number of alkyl halides is 2. The van der Waals surface area contributed by atoms with Crippen LogP contribution in [0.2, 0.25) is 0 Å².